The number of anilines is 1. The molecular weight excluding hydrogens is 466 g/mol. The SMILES string of the molecule is CCn1cc2nc(SCC(=O)Nc3ccc(OC)c(OC)c3)n(CCc3ccccc3)c(=O)c2n1. The van der Waals surface area contributed by atoms with Crippen molar-refractivity contribution in [1.29, 1.82) is 0 Å². The minimum absolute atomic E-state index is 0.0829. The van der Waals surface area contributed by atoms with Crippen molar-refractivity contribution in [3.8, 4) is 11.5 Å². The number of aromatic nitrogens is 4. The van der Waals surface area contributed by atoms with E-state index in [1.165, 1.54) is 18.9 Å². The van der Waals surface area contributed by atoms with Gasteiger partial charge in [-0.3, -0.25) is 18.8 Å². The third kappa shape index (κ3) is 5.65. The van der Waals surface area contributed by atoms with Crippen molar-refractivity contribution in [2.24, 2.45) is 0 Å². The van der Waals surface area contributed by atoms with E-state index in [2.05, 4.69) is 15.4 Å². The molecule has 1 N–H and O–H groups in total. The van der Waals surface area contributed by atoms with Gasteiger partial charge in [0.2, 0.25) is 5.91 Å². The van der Waals surface area contributed by atoms with Gasteiger partial charge >= 0.3 is 0 Å². The molecule has 0 saturated heterocycles. The van der Waals surface area contributed by atoms with E-state index in [1.54, 1.807) is 40.8 Å². The van der Waals surface area contributed by atoms with Gasteiger partial charge in [0.15, 0.2) is 22.2 Å². The van der Waals surface area contributed by atoms with Crippen LogP contribution in [0.1, 0.15) is 12.5 Å². The Bertz CT molecular complexity index is 1380. The summed E-state index contributed by atoms with van der Waals surface area (Å²) in [6, 6.07) is 15.1. The second-order valence-corrected chi connectivity index (χ2v) is 8.65. The van der Waals surface area contributed by atoms with E-state index in [9.17, 15) is 9.59 Å². The first-order valence-electron chi connectivity index (χ1n) is 11.2. The number of nitrogens with one attached hydrogen (secondary N) is 1. The Balaban J connectivity index is 1.55. The molecule has 0 aliphatic carbocycles. The highest BCUT2D eigenvalue weighted by molar-refractivity contribution is 7.99. The maximum atomic E-state index is 13.3. The number of carbonyl (C=O) groups is 1. The maximum Gasteiger partial charge on any atom is 0.282 e. The molecule has 0 fully saturated rings. The third-order valence-corrected chi connectivity index (χ3v) is 6.40. The molecule has 0 spiro atoms. The number of rotatable bonds is 10. The monoisotopic (exact) mass is 493 g/mol. The van der Waals surface area contributed by atoms with E-state index in [0.717, 1.165) is 5.56 Å². The highest BCUT2D eigenvalue weighted by Crippen LogP contribution is 2.30. The molecule has 2 aromatic heterocycles. The number of amides is 1. The van der Waals surface area contributed by atoms with Crippen LogP contribution in [0.5, 0.6) is 11.5 Å². The molecule has 0 aliphatic heterocycles. The van der Waals surface area contributed by atoms with Crippen LogP contribution >= 0.6 is 11.8 Å². The Hall–Kier alpha value is -3.79. The van der Waals surface area contributed by atoms with Gasteiger partial charge in [0, 0.05) is 24.8 Å². The summed E-state index contributed by atoms with van der Waals surface area (Å²) >= 11 is 1.22. The van der Waals surface area contributed by atoms with E-state index < -0.39 is 0 Å². The summed E-state index contributed by atoms with van der Waals surface area (Å²) in [6.07, 6.45) is 2.42. The molecule has 0 bridgehead atoms. The van der Waals surface area contributed by atoms with Crippen LogP contribution in [-0.2, 0) is 24.3 Å². The first kappa shape index (κ1) is 24.3. The lowest BCUT2D eigenvalue weighted by atomic mass is 10.1. The van der Waals surface area contributed by atoms with Gasteiger partial charge < -0.3 is 14.8 Å². The van der Waals surface area contributed by atoms with Gasteiger partial charge in [0.1, 0.15) is 5.52 Å². The average Bonchev–Trinajstić information content (AvgIpc) is 3.31. The van der Waals surface area contributed by atoms with E-state index in [1.807, 2.05) is 37.3 Å². The van der Waals surface area contributed by atoms with Crippen molar-refractivity contribution < 1.29 is 14.3 Å². The van der Waals surface area contributed by atoms with Crippen molar-refractivity contribution in [3.05, 3.63) is 70.6 Å². The van der Waals surface area contributed by atoms with Crippen LogP contribution in [0.2, 0.25) is 0 Å². The molecule has 0 radical (unpaired) electrons. The topological polar surface area (TPSA) is 100 Å². The molecule has 4 rings (SSSR count). The van der Waals surface area contributed by atoms with Crippen molar-refractivity contribution in [3.63, 3.8) is 0 Å². The van der Waals surface area contributed by atoms with Gasteiger partial charge in [-0.05, 0) is 31.0 Å². The molecule has 0 aliphatic rings. The molecule has 2 heterocycles. The zero-order chi connectivity index (χ0) is 24.8. The van der Waals surface area contributed by atoms with Crippen LogP contribution in [0, 0.1) is 0 Å². The average molecular weight is 494 g/mol. The fourth-order valence-corrected chi connectivity index (χ4v) is 4.44. The Morgan fingerprint density at radius 3 is 2.57 bits per heavy atom. The van der Waals surface area contributed by atoms with Gasteiger partial charge in [0.25, 0.3) is 5.56 Å². The van der Waals surface area contributed by atoms with Crippen LogP contribution < -0.4 is 20.3 Å². The van der Waals surface area contributed by atoms with Crippen LogP contribution in [0.25, 0.3) is 11.0 Å². The Morgan fingerprint density at radius 2 is 1.86 bits per heavy atom. The van der Waals surface area contributed by atoms with Gasteiger partial charge in [-0.25, -0.2) is 4.98 Å². The first-order chi connectivity index (χ1) is 17.0. The van der Waals surface area contributed by atoms with Gasteiger partial charge in [0.05, 0.1) is 26.2 Å². The van der Waals surface area contributed by atoms with E-state index in [0.29, 0.717) is 52.9 Å². The summed E-state index contributed by atoms with van der Waals surface area (Å²) in [6.45, 7) is 3.02. The van der Waals surface area contributed by atoms with E-state index in [-0.39, 0.29) is 17.2 Å². The largest absolute Gasteiger partial charge is 0.493 e. The van der Waals surface area contributed by atoms with Crippen molar-refractivity contribution in [1.82, 2.24) is 19.3 Å². The summed E-state index contributed by atoms with van der Waals surface area (Å²) in [7, 11) is 3.09. The van der Waals surface area contributed by atoms with E-state index >= 15 is 0 Å². The number of nitrogens with zero attached hydrogens (tertiary/aromatic N) is 4. The summed E-state index contributed by atoms with van der Waals surface area (Å²) in [5.74, 6) is 0.954. The van der Waals surface area contributed by atoms with Crippen LogP contribution in [-0.4, -0.2) is 45.2 Å². The smallest absolute Gasteiger partial charge is 0.282 e. The van der Waals surface area contributed by atoms with Crippen molar-refractivity contribution in [2.45, 2.75) is 31.6 Å². The normalized spacial score (nSPS) is 10.9. The maximum absolute atomic E-state index is 13.3. The van der Waals surface area contributed by atoms with Gasteiger partial charge in [-0.1, -0.05) is 42.1 Å². The minimum atomic E-state index is -0.226. The minimum Gasteiger partial charge on any atom is -0.493 e. The second-order valence-electron chi connectivity index (χ2n) is 7.71. The number of hydrogen-bond acceptors (Lipinski definition) is 7. The fourth-order valence-electron chi connectivity index (χ4n) is 3.62. The molecule has 2 aromatic carbocycles. The molecule has 10 heteroatoms. The zero-order valence-electron chi connectivity index (χ0n) is 19.9. The van der Waals surface area contributed by atoms with Crippen molar-refractivity contribution in [2.75, 3.05) is 25.3 Å². The molecule has 0 unspecified atom stereocenters. The van der Waals surface area contributed by atoms with E-state index in [4.69, 9.17) is 9.47 Å². The predicted octanol–water partition coefficient (Wildman–Crippen LogP) is 3.60. The summed E-state index contributed by atoms with van der Waals surface area (Å²) in [4.78, 5) is 30.6. The number of hydrogen-bond donors (Lipinski definition) is 1. The molecule has 182 valence electrons. The number of thioether (sulfide) groups is 1. The summed E-state index contributed by atoms with van der Waals surface area (Å²) in [5.41, 5.74) is 2.35. The first-order valence-corrected chi connectivity index (χ1v) is 12.2. The number of methoxy groups -OCH3 is 2. The number of benzene rings is 2. The Kier molecular flexibility index (Phi) is 7.71. The molecule has 35 heavy (non-hydrogen) atoms. The lowest BCUT2D eigenvalue weighted by Crippen LogP contribution is -2.25. The van der Waals surface area contributed by atoms with Crippen LogP contribution in [0.15, 0.2) is 64.7 Å². The highest BCUT2D eigenvalue weighted by Gasteiger charge is 2.16. The molecule has 0 atom stereocenters. The third-order valence-electron chi connectivity index (χ3n) is 5.43. The van der Waals surface area contributed by atoms with Crippen LogP contribution in [0.4, 0.5) is 5.69 Å². The summed E-state index contributed by atoms with van der Waals surface area (Å²) < 4.78 is 13.8. The fraction of sp³-hybridized carbons (Fsp3) is 0.280. The van der Waals surface area contributed by atoms with Crippen molar-refractivity contribution >= 4 is 34.4 Å². The second kappa shape index (κ2) is 11.1. The lowest BCUT2D eigenvalue weighted by molar-refractivity contribution is -0.113. The Labute approximate surface area is 207 Å². The zero-order valence-corrected chi connectivity index (χ0v) is 20.7. The number of aryl methyl sites for hydroxylation is 2. The van der Waals surface area contributed by atoms with Gasteiger partial charge in [-0.15, -0.1) is 0 Å². The quantitative estimate of drug-likeness (QED) is 0.266. The van der Waals surface area contributed by atoms with Gasteiger partial charge in [-0.2, -0.15) is 5.10 Å². The molecule has 0 saturated carbocycles. The highest BCUT2D eigenvalue weighted by atomic mass is 32.2. The number of ether oxygens (including phenoxy) is 2. The lowest BCUT2D eigenvalue weighted by Gasteiger charge is -2.12. The standard InChI is InChI=1S/C25H27N5O4S/c1-4-29-15-19-23(28-29)24(32)30(13-12-17-8-6-5-7-9-17)25(27-19)35-16-22(31)26-18-10-11-20(33-2)21(14-18)34-3/h5-11,14-15H,4,12-13,16H2,1-3H3,(H,26,31). The Morgan fingerprint density at radius 1 is 1.09 bits per heavy atom. The number of fused-ring (bicyclic) bond motifs is 1. The summed E-state index contributed by atoms with van der Waals surface area (Å²) in [5, 5.41) is 7.72. The van der Waals surface area contributed by atoms with Crippen LogP contribution in [0.3, 0.4) is 0 Å². The molecular formula is C25H27N5O4S. The molecule has 4 aromatic rings. The predicted molar refractivity (Wildman–Crippen MR) is 137 cm³/mol. The number of carbonyl (C=O) groups excluding carboxylic acids is 1. The molecule has 1 amide bonds. The molecule has 9 nitrogen and oxygen atoms in total.